The van der Waals surface area contributed by atoms with Gasteiger partial charge in [-0.05, 0) is 28.7 Å². The summed E-state index contributed by atoms with van der Waals surface area (Å²) in [6.45, 7) is 8.58. The Hall–Kier alpha value is -3.46. The van der Waals surface area contributed by atoms with E-state index in [1.54, 1.807) is 18.2 Å². The number of carbonyl (C=O) groups is 3. The number of amides is 3. The highest BCUT2D eigenvalue weighted by Gasteiger charge is 2.70. The summed E-state index contributed by atoms with van der Waals surface area (Å²) >= 11 is 6.35. The molecule has 2 aliphatic rings. The van der Waals surface area contributed by atoms with E-state index in [4.69, 9.17) is 11.6 Å². The molecule has 2 fully saturated rings. The highest BCUT2D eigenvalue weighted by atomic mass is 35.5. The van der Waals surface area contributed by atoms with Gasteiger partial charge in [0.15, 0.2) is 6.04 Å². The zero-order valence-electron chi connectivity index (χ0n) is 21.9. The summed E-state index contributed by atoms with van der Waals surface area (Å²) in [5.74, 6) is -4.07. The van der Waals surface area contributed by atoms with Crippen molar-refractivity contribution in [1.82, 2.24) is 25.7 Å². The van der Waals surface area contributed by atoms with Crippen LogP contribution in [0, 0.1) is 34.0 Å². The lowest BCUT2D eigenvalue weighted by atomic mass is 9.85. The van der Waals surface area contributed by atoms with Crippen molar-refractivity contribution >= 4 is 40.1 Å². The number of hydrogen-bond acceptors (Lipinski definition) is 6. The van der Waals surface area contributed by atoms with Gasteiger partial charge in [0, 0.05) is 17.3 Å². The van der Waals surface area contributed by atoms with Crippen molar-refractivity contribution in [3.63, 3.8) is 0 Å². The number of rotatable bonds is 5. The number of piperidine rings is 1. The molecule has 2 N–H and O–H groups in total. The number of benzene rings is 1. The zero-order chi connectivity index (χ0) is 29.1. The maximum atomic E-state index is 13.7. The molecular weight excluding hydrogens is 537 g/mol. The minimum Gasteiger partial charge on any atom is -0.336 e. The minimum atomic E-state index is -5.18. The highest BCUT2D eigenvalue weighted by molar-refractivity contribution is 6.35. The van der Waals surface area contributed by atoms with Crippen molar-refractivity contribution in [2.45, 2.75) is 58.9 Å². The fourth-order valence-corrected chi connectivity index (χ4v) is 5.83. The molecule has 208 valence electrons. The van der Waals surface area contributed by atoms with Crippen LogP contribution in [0.3, 0.4) is 0 Å². The molecule has 13 heteroatoms. The topological polar surface area (TPSA) is 128 Å². The van der Waals surface area contributed by atoms with Crippen LogP contribution in [0.2, 0.25) is 5.02 Å². The number of nitriles is 1. The van der Waals surface area contributed by atoms with Gasteiger partial charge in [0.1, 0.15) is 17.8 Å². The summed E-state index contributed by atoms with van der Waals surface area (Å²) in [4.78, 5) is 40.3. The van der Waals surface area contributed by atoms with Crippen molar-refractivity contribution in [2.24, 2.45) is 22.7 Å². The van der Waals surface area contributed by atoms with Crippen molar-refractivity contribution in [3.8, 4) is 6.07 Å². The average molecular weight is 565 g/mol. The second-order valence-electron chi connectivity index (χ2n) is 11.7. The number of fused-ring (bicyclic) bond motifs is 2. The van der Waals surface area contributed by atoms with Crippen LogP contribution in [0.4, 0.5) is 13.2 Å². The Bertz CT molecular complexity index is 1380. The molecule has 9 nitrogen and oxygen atoms in total. The van der Waals surface area contributed by atoms with Crippen molar-refractivity contribution in [1.29, 1.82) is 5.26 Å². The number of alkyl halides is 3. The van der Waals surface area contributed by atoms with E-state index in [1.165, 1.54) is 31.9 Å². The molecule has 39 heavy (non-hydrogen) atoms. The number of nitrogens with zero attached hydrogens (tertiary/aromatic N) is 4. The number of nitrogens with one attached hydrogen (secondary N) is 2. The van der Waals surface area contributed by atoms with Gasteiger partial charge in [-0.2, -0.15) is 28.6 Å². The Kier molecular flexibility index (Phi) is 7.04. The van der Waals surface area contributed by atoms with E-state index in [-0.39, 0.29) is 29.5 Å². The van der Waals surface area contributed by atoms with Gasteiger partial charge in [0.2, 0.25) is 11.8 Å². The quantitative estimate of drug-likeness (QED) is 0.572. The van der Waals surface area contributed by atoms with Gasteiger partial charge in [-0.25, -0.2) is 0 Å². The monoisotopic (exact) mass is 564 g/mol. The average Bonchev–Trinajstić information content (AvgIpc) is 3.16. The van der Waals surface area contributed by atoms with E-state index >= 15 is 0 Å². The van der Waals surface area contributed by atoms with Gasteiger partial charge in [0.25, 0.3) is 0 Å². The smallest absolute Gasteiger partial charge is 0.336 e. The first-order chi connectivity index (χ1) is 18.0. The Morgan fingerprint density at radius 2 is 1.87 bits per heavy atom. The Balaban J connectivity index is 1.65. The van der Waals surface area contributed by atoms with E-state index in [2.05, 4.69) is 15.5 Å². The molecule has 2 heterocycles. The fraction of sp³-hybridized carbons (Fsp3) is 0.538. The summed E-state index contributed by atoms with van der Waals surface area (Å²) in [6, 6.07) is 3.16. The Morgan fingerprint density at radius 3 is 2.46 bits per heavy atom. The molecule has 5 atom stereocenters. The molecule has 2 aromatic rings. The van der Waals surface area contributed by atoms with Crippen LogP contribution < -0.4 is 10.6 Å². The molecule has 1 aromatic carbocycles. The van der Waals surface area contributed by atoms with Gasteiger partial charge in [-0.3, -0.25) is 14.4 Å². The SMILES string of the molecule is CC(C)(C)[C@H](NC(=O)C(F)(F)F)C(=O)N1C[C@H]2[C@@H]([C@H]1C(=O)NC(C#N)c1nncc3cccc(Cl)c13)C2(C)C. The van der Waals surface area contributed by atoms with Crippen LogP contribution in [0.5, 0.6) is 0 Å². The number of hydrogen-bond donors (Lipinski definition) is 2. The summed E-state index contributed by atoms with van der Waals surface area (Å²) in [6.07, 6.45) is -3.71. The number of halogens is 4. The van der Waals surface area contributed by atoms with Gasteiger partial charge in [-0.1, -0.05) is 58.4 Å². The third kappa shape index (κ3) is 5.12. The lowest BCUT2D eigenvalue weighted by Crippen LogP contribution is -2.60. The first-order valence-corrected chi connectivity index (χ1v) is 12.7. The van der Waals surface area contributed by atoms with Crippen LogP contribution in [0.1, 0.15) is 46.4 Å². The van der Waals surface area contributed by atoms with Crippen LogP contribution in [-0.2, 0) is 14.4 Å². The van der Waals surface area contributed by atoms with Crippen molar-refractivity contribution < 1.29 is 27.6 Å². The largest absolute Gasteiger partial charge is 0.471 e. The molecule has 1 aromatic heterocycles. The predicted molar refractivity (Wildman–Crippen MR) is 135 cm³/mol. The maximum absolute atomic E-state index is 13.7. The molecular formula is C26H28ClF3N6O3. The number of aromatic nitrogens is 2. The number of likely N-dealkylation sites (tertiary alicyclic amines) is 1. The summed E-state index contributed by atoms with van der Waals surface area (Å²) in [5.41, 5.74) is -1.27. The summed E-state index contributed by atoms with van der Waals surface area (Å²) < 4.78 is 39.1. The minimum absolute atomic E-state index is 0.0801. The second kappa shape index (κ2) is 9.62. The molecule has 1 unspecified atom stereocenters. The summed E-state index contributed by atoms with van der Waals surface area (Å²) in [5, 5.41) is 23.7. The van der Waals surface area contributed by atoms with Crippen molar-refractivity contribution in [2.75, 3.05) is 6.54 Å². The van der Waals surface area contributed by atoms with Gasteiger partial charge < -0.3 is 15.5 Å². The van der Waals surface area contributed by atoms with E-state index < -0.39 is 47.4 Å². The molecule has 0 spiro atoms. The molecule has 1 aliphatic carbocycles. The summed E-state index contributed by atoms with van der Waals surface area (Å²) in [7, 11) is 0. The van der Waals surface area contributed by atoms with Gasteiger partial charge in [-0.15, -0.1) is 0 Å². The highest BCUT2D eigenvalue weighted by Crippen LogP contribution is 2.65. The normalized spacial score (nSPS) is 23.4. The first-order valence-electron chi connectivity index (χ1n) is 12.3. The Morgan fingerprint density at radius 1 is 1.21 bits per heavy atom. The number of carbonyl (C=O) groups excluding carboxylic acids is 3. The van der Waals surface area contributed by atoms with Crippen LogP contribution >= 0.6 is 11.6 Å². The molecule has 1 aliphatic heterocycles. The van der Waals surface area contributed by atoms with E-state index in [0.717, 1.165) is 0 Å². The lowest BCUT2D eigenvalue weighted by Gasteiger charge is -2.37. The fourth-order valence-electron chi connectivity index (χ4n) is 5.55. The van der Waals surface area contributed by atoms with Crippen LogP contribution in [-0.4, -0.2) is 57.6 Å². The third-order valence-corrected chi connectivity index (χ3v) is 8.07. The molecule has 0 radical (unpaired) electrons. The lowest BCUT2D eigenvalue weighted by molar-refractivity contribution is -0.176. The maximum Gasteiger partial charge on any atom is 0.471 e. The first kappa shape index (κ1) is 28.5. The second-order valence-corrected chi connectivity index (χ2v) is 12.1. The Labute approximate surface area is 228 Å². The molecule has 1 saturated carbocycles. The van der Waals surface area contributed by atoms with E-state index in [1.807, 2.05) is 25.2 Å². The van der Waals surface area contributed by atoms with Crippen LogP contribution in [0.15, 0.2) is 24.4 Å². The molecule has 3 amide bonds. The van der Waals surface area contributed by atoms with Gasteiger partial charge in [0.05, 0.1) is 17.3 Å². The van der Waals surface area contributed by atoms with Crippen molar-refractivity contribution in [3.05, 3.63) is 35.1 Å². The molecule has 1 saturated heterocycles. The standard InChI is InChI=1S/C26H28ClF3N6O3/c1-24(2,3)20(34-23(39)26(28,29)30)22(38)36-11-13-17(25(13,4)5)19(36)21(37)33-15(9-31)18-16-12(10-32-35-18)7-6-8-14(16)27/h6-8,10,13,15,17,19-20H,11H2,1-5H3,(H,33,37)(H,34,39)/t13-,15?,17-,19-,20+/m0/s1. The van der Waals surface area contributed by atoms with E-state index in [0.29, 0.717) is 15.8 Å². The molecule has 0 bridgehead atoms. The van der Waals surface area contributed by atoms with E-state index in [9.17, 15) is 32.8 Å². The predicted octanol–water partition coefficient (Wildman–Crippen LogP) is 3.54. The van der Waals surface area contributed by atoms with Crippen LogP contribution in [0.25, 0.3) is 10.8 Å². The zero-order valence-corrected chi connectivity index (χ0v) is 22.7. The third-order valence-electron chi connectivity index (χ3n) is 7.76. The molecule has 4 rings (SSSR count). The van der Waals surface area contributed by atoms with Gasteiger partial charge >= 0.3 is 12.1 Å².